The first kappa shape index (κ1) is 20.9. The Morgan fingerprint density at radius 1 is 1.12 bits per heavy atom. The third-order valence-corrected chi connectivity index (χ3v) is 6.86. The summed E-state index contributed by atoms with van der Waals surface area (Å²) in [6.07, 6.45) is 0. The third-order valence-electron chi connectivity index (χ3n) is 6.26. The first-order valence-electron chi connectivity index (χ1n) is 11.3. The van der Waals surface area contributed by atoms with Crippen molar-refractivity contribution in [3.63, 3.8) is 0 Å². The van der Waals surface area contributed by atoms with E-state index in [1.165, 1.54) is 0 Å². The lowest BCUT2D eigenvalue weighted by Crippen LogP contribution is -2.36. The van der Waals surface area contributed by atoms with Crippen LogP contribution >= 0.6 is 11.3 Å². The molecular formula is C25H24N6O2S. The molecule has 0 radical (unpaired) electrons. The van der Waals surface area contributed by atoms with E-state index in [1.807, 2.05) is 48.1 Å². The van der Waals surface area contributed by atoms with E-state index in [2.05, 4.69) is 37.3 Å². The maximum absolute atomic E-state index is 13.3. The van der Waals surface area contributed by atoms with Gasteiger partial charge in [-0.3, -0.25) is 4.79 Å². The number of morpholine rings is 1. The molecular weight excluding hydrogens is 448 g/mol. The fourth-order valence-electron chi connectivity index (χ4n) is 4.48. The number of thiazole rings is 1. The van der Waals surface area contributed by atoms with Crippen LogP contribution in [0.3, 0.4) is 0 Å². The lowest BCUT2D eigenvalue weighted by Gasteiger charge is -2.28. The molecule has 6 rings (SSSR count). The minimum atomic E-state index is -0.195. The Kier molecular flexibility index (Phi) is 5.27. The van der Waals surface area contributed by atoms with Crippen LogP contribution in [0.4, 0.5) is 11.4 Å². The summed E-state index contributed by atoms with van der Waals surface area (Å²) in [6, 6.07) is 13.9. The number of aromatic nitrogens is 4. The molecule has 0 amide bonds. The highest BCUT2D eigenvalue weighted by Crippen LogP contribution is 2.34. The molecule has 1 aliphatic heterocycles. The zero-order valence-electron chi connectivity index (χ0n) is 18.7. The average molecular weight is 473 g/mol. The summed E-state index contributed by atoms with van der Waals surface area (Å²) in [4.78, 5) is 31.3. The second-order valence-corrected chi connectivity index (χ2v) is 9.13. The van der Waals surface area contributed by atoms with E-state index in [0.717, 1.165) is 65.3 Å². The maximum Gasteiger partial charge on any atom is 0.261 e. The normalized spacial score (nSPS) is 15.1. The van der Waals surface area contributed by atoms with Crippen molar-refractivity contribution in [2.75, 3.05) is 36.5 Å². The molecule has 172 valence electrons. The van der Waals surface area contributed by atoms with Crippen LogP contribution in [0.15, 0.2) is 58.1 Å². The highest BCUT2D eigenvalue weighted by atomic mass is 32.1. The van der Waals surface area contributed by atoms with Gasteiger partial charge in [-0.15, -0.1) is 11.3 Å². The maximum atomic E-state index is 13.3. The molecule has 4 heterocycles. The van der Waals surface area contributed by atoms with Crippen LogP contribution in [0.5, 0.6) is 0 Å². The van der Waals surface area contributed by atoms with E-state index in [0.29, 0.717) is 11.4 Å². The Balaban J connectivity index is 1.48. The minimum Gasteiger partial charge on any atom is -0.378 e. The van der Waals surface area contributed by atoms with Crippen LogP contribution in [-0.2, 0) is 4.74 Å². The van der Waals surface area contributed by atoms with Gasteiger partial charge in [-0.25, -0.2) is 9.97 Å². The van der Waals surface area contributed by atoms with Gasteiger partial charge in [0, 0.05) is 29.5 Å². The number of anilines is 2. The van der Waals surface area contributed by atoms with E-state index in [1.54, 1.807) is 11.3 Å². The number of fused-ring (bicyclic) bond motifs is 2. The molecule has 1 saturated heterocycles. The number of aromatic amines is 2. The van der Waals surface area contributed by atoms with Crippen LogP contribution in [0.1, 0.15) is 18.7 Å². The standard InChI is InChI=1S/C25H24N6O2S/c1-15(21-13-34-14-26-21)27-23-17-4-2-3-5-18(17)30-25(32)22(23)24-28-19-7-6-16(12-20(19)29-24)31-8-10-33-11-9-31/h2-7,12-15H,8-11H2,1H3,(H,28,29)(H2,27,30,32)/t15-/m0/s1. The molecule has 3 aromatic heterocycles. The Bertz CT molecular complexity index is 1520. The molecule has 3 N–H and O–H groups in total. The molecule has 9 heteroatoms. The minimum absolute atomic E-state index is 0.0764. The Morgan fingerprint density at radius 2 is 1.97 bits per heavy atom. The Labute approximate surface area is 199 Å². The molecule has 0 aliphatic carbocycles. The number of nitrogens with one attached hydrogen (secondary N) is 3. The van der Waals surface area contributed by atoms with Crippen LogP contribution in [-0.4, -0.2) is 46.2 Å². The quantitative estimate of drug-likeness (QED) is 0.347. The molecule has 2 aromatic carbocycles. The van der Waals surface area contributed by atoms with Crippen LogP contribution in [0.25, 0.3) is 33.3 Å². The van der Waals surface area contributed by atoms with E-state index in [4.69, 9.17) is 9.72 Å². The van der Waals surface area contributed by atoms with Gasteiger partial charge in [-0.05, 0) is 31.2 Å². The SMILES string of the molecule is C[C@H](Nc1c(-c2nc3ccc(N4CCOCC4)cc3[nH]2)c(=O)[nH]c2ccccc12)c1cscn1. The van der Waals surface area contributed by atoms with Crippen molar-refractivity contribution in [1.82, 2.24) is 19.9 Å². The van der Waals surface area contributed by atoms with Crippen molar-refractivity contribution in [3.8, 4) is 11.4 Å². The van der Waals surface area contributed by atoms with Gasteiger partial charge in [-0.1, -0.05) is 18.2 Å². The van der Waals surface area contributed by atoms with Gasteiger partial charge in [0.25, 0.3) is 5.56 Å². The van der Waals surface area contributed by atoms with Gasteiger partial charge in [0.05, 0.1) is 52.7 Å². The average Bonchev–Trinajstić information content (AvgIpc) is 3.54. The molecule has 0 saturated carbocycles. The molecule has 5 aromatic rings. The number of hydrogen-bond acceptors (Lipinski definition) is 7. The van der Waals surface area contributed by atoms with Gasteiger partial charge >= 0.3 is 0 Å². The van der Waals surface area contributed by atoms with Crippen molar-refractivity contribution >= 4 is 44.6 Å². The molecule has 0 spiro atoms. The second-order valence-electron chi connectivity index (χ2n) is 8.42. The van der Waals surface area contributed by atoms with Gasteiger partial charge in [0.2, 0.25) is 0 Å². The van der Waals surface area contributed by atoms with Crippen LogP contribution < -0.4 is 15.8 Å². The van der Waals surface area contributed by atoms with E-state index < -0.39 is 0 Å². The number of imidazole rings is 1. The number of ether oxygens (including phenoxy) is 1. The fraction of sp³-hybridized carbons (Fsp3) is 0.240. The zero-order valence-corrected chi connectivity index (χ0v) is 19.5. The predicted octanol–water partition coefficient (Wildman–Crippen LogP) is 4.54. The van der Waals surface area contributed by atoms with Crippen LogP contribution in [0.2, 0.25) is 0 Å². The molecule has 0 bridgehead atoms. The highest BCUT2D eigenvalue weighted by Gasteiger charge is 2.21. The van der Waals surface area contributed by atoms with Crippen LogP contribution in [0, 0.1) is 0 Å². The van der Waals surface area contributed by atoms with Gasteiger partial charge < -0.3 is 24.9 Å². The summed E-state index contributed by atoms with van der Waals surface area (Å²) >= 11 is 1.55. The van der Waals surface area contributed by atoms with E-state index in [9.17, 15) is 4.79 Å². The molecule has 34 heavy (non-hydrogen) atoms. The number of H-pyrrole nitrogens is 2. The second kappa shape index (κ2) is 8.58. The summed E-state index contributed by atoms with van der Waals surface area (Å²) in [6.45, 7) is 5.22. The molecule has 8 nitrogen and oxygen atoms in total. The summed E-state index contributed by atoms with van der Waals surface area (Å²) in [7, 11) is 0. The number of para-hydroxylation sites is 1. The summed E-state index contributed by atoms with van der Waals surface area (Å²) in [5.74, 6) is 0.536. The van der Waals surface area contributed by atoms with Crippen molar-refractivity contribution in [3.05, 3.63) is 69.4 Å². The lowest BCUT2D eigenvalue weighted by atomic mass is 10.1. The summed E-state index contributed by atoms with van der Waals surface area (Å²) < 4.78 is 5.48. The number of nitrogens with zero attached hydrogens (tertiary/aromatic N) is 3. The number of pyridine rings is 1. The number of benzene rings is 2. The first-order chi connectivity index (χ1) is 16.7. The van der Waals surface area contributed by atoms with Crippen molar-refractivity contribution in [2.24, 2.45) is 0 Å². The third kappa shape index (κ3) is 3.72. The molecule has 1 aliphatic rings. The van der Waals surface area contributed by atoms with Crippen molar-refractivity contribution in [2.45, 2.75) is 13.0 Å². The molecule has 1 atom stereocenters. The topological polar surface area (TPSA) is 98.9 Å². The lowest BCUT2D eigenvalue weighted by molar-refractivity contribution is 0.122. The Morgan fingerprint density at radius 3 is 2.79 bits per heavy atom. The molecule has 1 fully saturated rings. The van der Waals surface area contributed by atoms with E-state index >= 15 is 0 Å². The van der Waals surface area contributed by atoms with Crippen molar-refractivity contribution in [1.29, 1.82) is 0 Å². The summed E-state index contributed by atoms with van der Waals surface area (Å²) in [5, 5.41) is 6.48. The fourth-order valence-corrected chi connectivity index (χ4v) is 5.13. The zero-order chi connectivity index (χ0) is 23.1. The monoisotopic (exact) mass is 472 g/mol. The van der Waals surface area contributed by atoms with Gasteiger partial charge in [0.1, 0.15) is 11.4 Å². The smallest absolute Gasteiger partial charge is 0.261 e. The van der Waals surface area contributed by atoms with Crippen molar-refractivity contribution < 1.29 is 4.74 Å². The first-order valence-corrected chi connectivity index (χ1v) is 12.2. The van der Waals surface area contributed by atoms with E-state index in [-0.39, 0.29) is 11.6 Å². The largest absolute Gasteiger partial charge is 0.378 e. The number of rotatable bonds is 5. The highest BCUT2D eigenvalue weighted by molar-refractivity contribution is 7.07. The number of hydrogen-bond donors (Lipinski definition) is 3. The van der Waals surface area contributed by atoms with Gasteiger partial charge in [-0.2, -0.15) is 0 Å². The van der Waals surface area contributed by atoms with Gasteiger partial charge in [0.15, 0.2) is 0 Å². The molecule has 0 unspecified atom stereocenters. The Hall–Kier alpha value is -3.69. The predicted molar refractivity (Wildman–Crippen MR) is 137 cm³/mol. The summed E-state index contributed by atoms with van der Waals surface area (Å²) in [5.41, 5.74) is 7.39.